The number of ether oxygens (including phenoxy) is 1. The Morgan fingerprint density at radius 2 is 1.91 bits per heavy atom. The Balaban J connectivity index is 2.48. The molecule has 1 aliphatic carbocycles. The number of azide groups is 1. The van der Waals surface area contributed by atoms with Gasteiger partial charge in [0.1, 0.15) is 12.5 Å². The monoisotopic (exact) mass is 326 g/mol. The Hall–Kier alpha value is -0.810. The Bertz CT molecular complexity index is 364. The lowest BCUT2D eigenvalue weighted by atomic mass is 9.79. The molecule has 2 N–H and O–H groups in total. The topological polar surface area (TPSA) is 90.2 Å². The van der Waals surface area contributed by atoms with Crippen LogP contribution in [0.4, 0.5) is 0 Å². The fourth-order valence-corrected chi connectivity index (χ4v) is 3.73. The summed E-state index contributed by atoms with van der Waals surface area (Å²) >= 11 is 0. The normalized spacial score (nSPS) is 21.0. The molecular formula is C17H34N4O2. The quantitative estimate of drug-likeness (QED) is 0.258. The zero-order valence-electron chi connectivity index (χ0n) is 15.1. The van der Waals surface area contributed by atoms with Crippen molar-refractivity contribution in [3.05, 3.63) is 10.4 Å². The van der Waals surface area contributed by atoms with E-state index in [2.05, 4.69) is 36.1 Å². The lowest BCUT2D eigenvalue weighted by Gasteiger charge is -2.30. The molecule has 0 bridgehead atoms. The molecule has 0 spiro atoms. The van der Waals surface area contributed by atoms with Crippen LogP contribution in [-0.4, -0.2) is 30.2 Å². The second-order valence-corrected chi connectivity index (χ2v) is 7.21. The average Bonchev–Trinajstić information content (AvgIpc) is 2.98. The Morgan fingerprint density at radius 1 is 1.26 bits per heavy atom. The van der Waals surface area contributed by atoms with Crippen LogP contribution in [0.25, 0.3) is 10.4 Å². The summed E-state index contributed by atoms with van der Waals surface area (Å²) in [4.78, 5) is 2.89. The summed E-state index contributed by atoms with van der Waals surface area (Å²) < 4.78 is 5.97. The van der Waals surface area contributed by atoms with E-state index in [0.717, 1.165) is 12.3 Å². The van der Waals surface area contributed by atoms with Crippen LogP contribution < -0.4 is 5.32 Å². The molecule has 23 heavy (non-hydrogen) atoms. The summed E-state index contributed by atoms with van der Waals surface area (Å²) in [5.74, 6) is 2.14. The first-order chi connectivity index (χ1) is 10.9. The van der Waals surface area contributed by atoms with Crippen LogP contribution in [0.2, 0.25) is 0 Å². The number of aliphatic hydroxyl groups excluding tert-OH is 1. The summed E-state index contributed by atoms with van der Waals surface area (Å²) in [6, 6.07) is 0. The minimum absolute atomic E-state index is 0.0741. The maximum absolute atomic E-state index is 9.22. The van der Waals surface area contributed by atoms with Crippen LogP contribution in [0, 0.1) is 17.8 Å². The van der Waals surface area contributed by atoms with Gasteiger partial charge < -0.3 is 9.84 Å². The number of rotatable bonds is 11. The number of nitrogens with zero attached hydrogens (tertiary/aromatic N) is 3. The van der Waals surface area contributed by atoms with Crippen molar-refractivity contribution in [3.63, 3.8) is 0 Å². The van der Waals surface area contributed by atoms with E-state index < -0.39 is 12.5 Å². The smallest absolute Gasteiger partial charge is 0.138 e. The minimum Gasteiger partial charge on any atom is -0.379 e. The van der Waals surface area contributed by atoms with E-state index in [-0.39, 0.29) is 6.10 Å². The highest BCUT2D eigenvalue weighted by Crippen LogP contribution is 2.38. The van der Waals surface area contributed by atoms with Crippen molar-refractivity contribution in [3.8, 4) is 0 Å². The van der Waals surface area contributed by atoms with E-state index in [1.165, 1.54) is 25.7 Å². The zero-order chi connectivity index (χ0) is 17.2. The van der Waals surface area contributed by atoms with Crippen molar-refractivity contribution < 1.29 is 9.84 Å². The van der Waals surface area contributed by atoms with Crippen LogP contribution in [0.3, 0.4) is 0 Å². The van der Waals surface area contributed by atoms with Gasteiger partial charge in [0, 0.05) is 11.5 Å². The molecule has 1 rings (SSSR count). The standard InChI is InChI=1S/C17H34N4O2/c1-12(2)16(15-7-5-6-8-15)11-13(3)23-17(20-21-18)9-10-19-14(4)22/h12-17,19,22H,5-11H2,1-4H3/t13-,14?,16-,17?/m0/s1. The molecule has 0 aromatic carbocycles. The summed E-state index contributed by atoms with van der Waals surface area (Å²) in [7, 11) is 0. The Morgan fingerprint density at radius 3 is 2.43 bits per heavy atom. The summed E-state index contributed by atoms with van der Waals surface area (Å²) in [5.41, 5.74) is 8.71. The van der Waals surface area contributed by atoms with Gasteiger partial charge in [0.05, 0.1) is 6.10 Å². The van der Waals surface area contributed by atoms with Gasteiger partial charge in [-0.05, 0) is 50.0 Å². The number of aliphatic hydroxyl groups is 1. The third-order valence-electron chi connectivity index (χ3n) is 4.87. The average molecular weight is 326 g/mol. The minimum atomic E-state index is -0.563. The third kappa shape index (κ3) is 8.02. The molecule has 2 unspecified atom stereocenters. The molecular weight excluding hydrogens is 292 g/mol. The molecule has 134 valence electrons. The van der Waals surface area contributed by atoms with Gasteiger partial charge in [-0.25, -0.2) is 0 Å². The van der Waals surface area contributed by atoms with Crippen LogP contribution in [0.15, 0.2) is 5.11 Å². The van der Waals surface area contributed by atoms with Gasteiger partial charge in [0.15, 0.2) is 0 Å². The lowest BCUT2D eigenvalue weighted by Crippen LogP contribution is -2.31. The van der Waals surface area contributed by atoms with Gasteiger partial charge in [-0.3, -0.25) is 5.32 Å². The van der Waals surface area contributed by atoms with Crippen molar-refractivity contribution in [2.45, 2.75) is 84.8 Å². The summed E-state index contributed by atoms with van der Waals surface area (Å²) in [5, 5.41) is 15.9. The largest absolute Gasteiger partial charge is 0.379 e. The van der Waals surface area contributed by atoms with E-state index >= 15 is 0 Å². The SMILES string of the molecule is CC(O)NCCC(N=[N+]=[N-])O[C@@H](C)C[C@@H](C(C)C)C1CCCC1. The molecule has 0 heterocycles. The van der Waals surface area contributed by atoms with Crippen molar-refractivity contribution in [1.82, 2.24) is 5.32 Å². The first-order valence-electron chi connectivity index (χ1n) is 9.05. The lowest BCUT2D eigenvalue weighted by molar-refractivity contribution is -0.0237. The highest BCUT2D eigenvalue weighted by Gasteiger charge is 2.29. The van der Waals surface area contributed by atoms with E-state index in [9.17, 15) is 5.11 Å². The Kier molecular flexibility index (Phi) is 9.56. The molecule has 1 saturated carbocycles. The molecule has 1 aliphatic rings. The maximum atomic E-state index is 9.22. The van der Waals surface area contributed by atoms with Gasteiger partial charge >= 0.3 is 0 Å². The molecule has 4 atom stereocenters. The third-order valence-corrected chi connectivity index (χ3v) is 4.87. The molecule has 0 aromatic heterocycles. The number of hydrogen-bond donors (Lipinski definition) is 2. The van der Waals surface area contributed by atoms with E-state index in [1.54, 1.807) is 6.92 Å². The molecule has 0 radical (unpaired) electrons. The highest BCUT2D eigenvalue weighted by molar-refractivity contribution is 4.79. The maximum Gasteiger partial charge on any atom is 0.138 e. The second kappa shape index (κ2) is 10.9. The summed E-state index contributed by atoms with van der Waals surface area (Å²) in [6.07, 6.45) is 6.01. The van der Waals surface area contributed by atoms with Crippen LogP contribution in [0.1, 0.15) is 66.2 Å². The molecule has 1 fully saturated rings. The van der Waals surface area contributed by atoms with Crippen molar-refractivity contribution in [1.29, 1.82) is 0 Å². The molecule has 6 nitrogen and oxygen atoms in total. The predicted octanol–water partition coefficient (Wildman–Crippen LogP) is 4.20. The Labute approximate surface area is 140 Å². The molecule has 0 saturated heterocycles. The molecule has 6 heteroatoms. The molecule has 0 amide bonds. The van der Waals surface area contributed by atoms with Gasteiger partial charge in [-0.1, -0.05) is 44.6 Å². The zero-order valence-corrected chi connectivity index (χ0v) is 15.1. The van der Waals surface area contributed by atoms with E-state index in [4.69, 9.17) is 10.3 Å². The number of hydrogen-bond acceptors (Lipinski definition) is 4. The van der Waals surface area contributed by atoms with Gasteiger partial charge in [0.25, 0.3) is 0 Å². The summed E-state index contributed by atoms with van der Waals surface area (Å²) in [6.45, 7) is 8.90. The van der Waals surface area contributed by atoms with Gasteiger partial charge in [-0.2, -0.15) is 0 Å². The van der Waals surface area contributed by atoms with Crippen molar-refractivity contribution >= 4 is 0 Å². The predicted molar refractivity (Wildman–Crippen MR) is 92.7 cm³/mol. The van der Waals surface area contributed by atoms with Crippen LogP contribution >= 0.6 is 0 Å². The molecule has 0 aliphatic heterocycles. The first-order valence-corrected chi connectivity index (χ1v) is 9.05. The highest BCUT2D eigenvalue weighted by atomic mass is 16.5. The molecule has 0 aromatic rings. The van der Waals surface area contributed by atoms with Crippen molar-refractivity contribution in [2.24, 2.45) is 22.9 Å². The second-order valence-electron chi connectivity index (χ2n) is 7.21. The fraction of sp³-hybridized carbons (Fsp3) is 1.00. The fourth-order valence-electron chi connectivity index (χ4n) is 3.73. The van der Waals surface area contributed by atoms with E-state index in [1.807, 2.05) is 0 Å². The van der Waals surface area contributed by atoms with Crippen LogP contribution in [-0.2, 0) is 4.74 Å². The van der Waals surface area contributed by atoms with Gasteiger partial charge in [-0.15, -0.1) is 0 Å². The van der Waals surface area contributed by atoms with Gasteiger partial charge in [0.2, 0.25) is 0 Å². The number of nitrogens with one attached hydrogen (secondary N) is 1. The first kappa shape index (κ1) is 20.2. The van der Waals surface area contributed by atoms with Crippen LogP contribution in [0.5, 0.6) is 0 Å². The van der Waals surface area contributed by atoms with E-state index in [0.29, 0.717) is 24.8 Å². The van der Waals surface area contributed by atoms with Crippen molar-refractivity contribution in [2.75, 3.05) is 6.54 Å².